The summed E-state index contributed by atoms with van der Waals surface area (Å²) in [5, 5.41) is 2.93. The summed E-state index contributed by atoms with van der Waals surface area (Å²) in [4.78, 5) is 26.8. The molecule has 3 N–H and O–H groups in total. The van der Waals surface area contributed by atoms with E-state index in [1.54, 1.807) is 42.9 Å². The summed E-state index contributed by atoms with van der Waals surface area (Å²) in [6.07, 6.45) is 8.50. The Hall–Kier alpha value is -4.89. The van der Waals surface area contributed by atoms with Gasteiger partial charge in [0.1, 0.15) is 23.0 Å². The fourth-order valence-corrected chi connectivity index (χ4v) is 5.45. The molecule has 9 heteroatoms. The van der Waals surface area contributed by atoms with Gasteiger partial charge in [0.15, 0.2) is 0 Å². The SMILES string of the molecule is Cn1cc(-c2cnccn2)nc1C1(c2ccc(C(=O)Nc3cc(-c4ccc(F)cc4)ccc3N)cc2)CCOCC1. The Labute approximate surface area is 237 Å². The van der Waals surface area contributed by atoms with Crippen molar-refractivity contribution in [1.29, 1.82) is 0 Å². The third-order valence-electron chi connectivity index (χ3n) is 7.66. The molecule has 1 aliphatic rings. The molecule has 2 aromatic heterocycles. The lowest BCUT2D eigenvalue weighted by Crippen LogP contribution is -2.37. The molecular weight excluding hydrogens is 519 g/mol. The van der Waals surface area contributed by atoms with Crippen LogP contribution in [0.4, 0.5) is 15.8 Å². The summed E-state index contributed by atoms with van der Waals surface area (Å²) >= 11 is 0. The van der Waals surface area contributed by atoms with Crippen LogP contribution in [0.1, 0.15) is 34.6 Å². The summed E-state index contributed by atoms with van der Waals surface area (Å²) in [6, 6.07) is 19.2. The molecule has 3 heterocycles. The molecule has 0 radical (unpaired) electrons. The second-order valence-electron chi connectivity index (χ2n) is 10.2. The molecular formula is C32H29FN6O2. The quantitative estimate of drug-likeness (QED) is 0.267. The maximum Gasteiger partial charge on any atom is 0.255 e. The smallest absolute Gasteiger partial charge is 0.255 e. The number of carbonyl (C=O) groups excluding carboxylic acids is 1. The van der Waals surface area contributed by atoms with Crippen molar-refractivity contribution in [2.75, 3.05) is 24.3 Å². The van der Waals surface area contributed by atoms with Crippen molar-refractivity contribution in [3.8, 4) is 22.5 Å². The number of carbonyl (C=O) groups is 1. The highest BCUT2D eigenvalue weighted by molar-refractivity contribution is 6.06. The predicted octanol–water partition coefficient (Wildman–Crippen LogP) is 5.61. The number of aryl methyl sites for hydroxylation is 1. The number of nitrogen functional groups attached to an aromatic ring is 1. The number of ether oxygens (including phenoxy) is 1. The molecule has 1 aliphatic heterocycles. The topological polar surface area (TPSA) is 108 Å². The van der Waals surface area contributed by atoms with Crippen molar-refractivity contribution in [1.82, 2.24) is 19.5 Å². The molecule has 8 nitrogen and oxygen atoms in total. The largest absolute Gasteiger partial charge is 0.397 e. The van der Waals surface area contributed by atoms with Crippen LogP contribution in [0.2, 0.25) is 0 Å². The summed E-state index contributed by atoms with van der Waals surface area (Å²) in [7, 11) is 1.99. The maximum absolute atomic E-state index is 13.4. The summed E-state index contributed by atoms with van der Waals surface area (Å²) in [5.41, 5.74) is 11.4. The Morgan fingerprint density at radius 2 is 1.71 bits per heavy atom. The molecule has 0 bridgehead atoms. The monoisotopic (exact) mass is 548 g/mol. The Kier molecular flexibility index (Phi) is 7.03. The van der Waals surface area contributed by atoms with E-state index in [9.17, 15) is 9.18 Å². The molecule has 1 fully saturated rings. The van der Waals surface area contributed by atoms with Gasteiger partial charge in [-0.05, 0) is 65.9 Å². The molecule has 5 aromatic rings. The van der Waals surface area contributed by atoms with Crippen molar-refractivity contribution in [3.05, 3.63) is 114 Å². The van der Waals surface area contributed by atoms with E-state index >= 15 is 0 Å². The second kappa shape index (κ2) is 10.9. The molecule has 0 unspecified atom stereocenters. The number of benzene rings is 3. The molecule has 41 heavy (non-hydrogen) atoms. The van der Waals surface area contributed by atoms with Gasteiger partial charge < -0.3 is 20.4 Å². The van der Waals surface area contributed by atoms with Gasteiger partial charge in [-0.2, -0.15) is 0 Å². The van der Waals surface area contributed by atoms with Crippen LogP contribution in [0.15, 0.2) is 91.5 Å². The zero-order chi connectivity index (χ0) is 28.4. The zero-order valence-corrected chi connectivity index (χ0v) is 22.5. The van der Waals surface area contributed by atoms with E-state index in [4.69, 9.17) is 15.5 Å². The summed E-state index contributed by atoms with van der Waals surface area (Å²) in [5.74, 6) is 0.337. The van der Waals surface area contributed by atoms with Gasteiger partial charge in [-0.3, -0.25) is 14.8 Å². The van der Waals surface area contributed by atoms with E-state index in [0.29, 0.717) is 35.8 Å². The number of aromatic nitrogens is 4. The molecule has 0 atom stereocenters. The maximum atomic E-state index is 13.4. The predicted molar refractivity (Wildman–Crippen MR) is 156 cm³/mol. The minimum atomic E-state index is -0.379. The van der Waals surface area contributed by atoms with Crippen LogP contribution >= 0.6 is 0 Å². The van der Waals surface area contributed by atoms with Crippen LogP contribution < -0.4 is 11.1 Å². The van der Waals surface area contributed by atoms with Crippen molar-refractivity contribution in [2.45, 2.75) is 18.3 Å². The number of imidazole rings is 1. The number of anilines is 2. The van der Waals surface area contributed by atoms with Gasteiger partial charge in [0.05, 0.1) is 23.0 Å². The van der Waals surface area contributed by atoms with E-state index in [-0.39, 0.29) is 17.1 Å². The summed E-state index contributed by atoms with van der Waals surface area (Å²) < 4.78 is 21.2. The van der Waals surface area contributed by atoms with Gasteiger partial charge in [0.25, 0.3) is 5.91 Å². The van der Waals surface area contributed by atoms with Crippen LogP contribution in [-0.2, 0) is 17.2 Å². The van der Waals surface area contributed by atoms with Crippen molar-refractivity contribution in [3.63, 3.8) is 0 Å². The third kappa shape index (κ3) is 5.19. The van der Waals surface area contributed by atoms with Gasteiger partial charge in [-0.25, -0.2) is 9.37 Å². The first-order valence-electron chi connectivity index (χ1n) is 13.4. The zero-order valence-electron chi connectivity index (χ0n) is 22.5. The minimum absolute atomic E-state index is 0.275. The molecule has 1 saturated heterocycles. The van der Waals surface area contributed by atoms with Gasteiger partial charge >= 0.3 is 0 Å². The van der Waals surface area contributed by atoms with Crippen LogP contribution in [0.3, 0.4) is 0 Å². The van der Waals surface area contributed by atoms with Crippen LogP contribution in [-0.4, -0.2) is 38.6 Å². The number of rotatable bonds is 6. The number of hydrogen-bond acceptors (Lipinski definition) is 6. The van der Waals surface area contributed by atoms with Gasteiger partial charge in [-0.15, -0.1) is 0 Å². The van der Waals surface area contributed by atoms with Gasteiger partial charge in [0.2, 0.25) is 0 Å². The van der Waals surface area contributed by atoms with Gasteiger partial charge in [-0.1, -0.05) is 30.3 Å². The van der Waals surface area contributed by atoms with Crippen molar-refractivity contribution < 1.29 is 13.9 Å². The van der Waals surface area contributed by atoms with E-state index in [1.807, 2.05) is 48.1 Å². The first kappa shape index (κ1) is 26.3. The Morgan fingerprint density at radius 3 is 2.41 bits per heavy atom. The normalized spacial score (nSPS) is 14.5. The van der Waals surface area contributed by atoms with Gasteiger partial charge in [0, 0.05) is 44.4 Å². The average molecular weight is 549 g/mol. The average Bonchev–Trinajstić information content (AvgIpc) is 3.41. The molecule has 6 rings (SSSR count). The van der Waals surface area contributed by atoms with E-state index in [2.05, 4.69) is 15.3 Å². The highest BCUT2D eigenvalue weighted by Crippen LogP contribution is 2.41. The van der Waals surface area contributed by atoms with E-state index < -0.39 is 0 Å². The number of nitrogens with two attached hydrogens (primary N) is 1. The Morgan fingerprint density at radius 1 is 0.976 bits per heavy atom. The molecule has 206 valence electrons. The Balaban J connectivity index is 1.27. The molecule has 1 amide bonds. The lowest BCUT2D eigenvalue weighted by molar-refractivity contribution is 0.0596. The number of halogens is 1. The molecule has 0 spiro atoms. The molecule has 3 aromatic carbocycles. The van der Waals surface area contributed by atoms with Crippen LogP contribution in [0, 0.1) is 5.82 Å². The highest BCUT2D eigenvalue weighted by Gasteiger charge is 2.40. The Bertz CT molecular complexity index is 1680. The second-order valence-corrected chi connectivity index (χ2v) is 10.2. The standard InChI is InChI=1S/C32H29FN6O2/c1-39-20-29(28-19-35-14-15-36-28)38-31(39)32(12-16-41-17-13-32)24-7-2-22(3-8-24)30(40)37-27-18-23(6-11-26(27)34)21-4-9-25(33)10-5-21/h2-11,14-15,18-20H,12-13,16-17,34H2,1H3,(H,37,40). The van der Waals surface area contributed by atoms with Crippen LogP contribution in [0.25, 0.3) is 22.5 Å². The van der Waals surface area contributed by atoms with Crippen molar-refractivity contribution in [2.24, 2.45) is 7.05 Å². The fraction of sp³-hybridized carbons (Fsp3) is 0.188. The van der Waals surface area contributed by atoms with Crippen LogP contribution in [0.5, 0.6) is 0 Å². The number of nitrogens with zero attached hydrogens (tertiary/aromatic N) is 4. The lowest BCUT2D eigenvalue weighted by atomic mass is 9.73. The fourth-order valence-electron chi connectivity index (χ4n) is 5.45. The highest BCUT2D eigenvalue weighted by atomic mass is 19.1. The lowest BCUT2D eigenvalue weighted by Gasteiger charge is -2.37. The minimum Gasteiger partial charge on any atom is -0.397 e. The number of hydrogen-bond donors (Lipinski definition) is 2. The first-order valence-corrected chi connectivity index (χ1v) is 13.4. The van der Waals surface area contributed by atoms with E-state index in [0.717, 1.165) is 41.1 Å². The molecule has 0 saturated carbocycles. The van der Waals surface area contributed by atoms with E-state index in [1.165, 1.54) is 12.1 Å². The number of nitrogens with one attached hydrogen (secondary N) is 1. The summed E-state index contributed by atoms with van der Waals surface area (Å²) in [6.45, 7) is 1.22. The number of amides is 1. The molecule has 0 aliphatic carbocycles. The third-order valence-corrected chi connectivity index (χ3v) is 7.66. The first-order chi connectivity index (χ1) is 19.9. The van der Waals surface area contributed by atoms with Crippen molar-refractivity contribution >= 4 is 17.3 Å².